The van der Waals surface area contributed by atoms with Crippen LogP contribution in [0.15, 0.2) is 52.5 Å². The van der Waals surface area contributed by atoms with E-state index in [1.807, 2.05) is 51.1 Å². The van der Waals surface area contributed by atoms with Gasteiger partial charge in [-0.15, -0.1) is 0 Å². The predicted octanol–water partition coefficient (Wildman–Crippen LogP) is 3.82. The van der Waals surface area contributed by atoms with Gasteiger partial charge in [0.2, 0.25) is 0 Å². The molecule has 1 N–H and O–H groups in total. The first-order valence-corrected chi connectivity index (χ1v) is 8.05. The quantitative estimate of drug-likeness (QED) is 0.675. The van der Waals surface area contributed by atoms with E-state index >= 15 is 0 Å². The molecule has 5 heteroatoms. The lowest BCUT2D eigenvalue weighted by molar-refractivity contribution is 0.675. The summed E-state index contributed by atoms with van der Waals surface area (Å²) in [4.78, 5) is 3.26. The standard InChI is InChI=1S/C16H17ClN2OS/c1-11-7-9-14(10-8-11)21(20)19-18-16(17)15-12(2)5-4-6-13(15)3/h4-10,19H,1-3H3/b18-16+. The number of halogens is 1. The van der Waals surface area contributed by atoms with Crippen molar-refractivity contribution in [3.8, 4) is 0 Å². The molecular weight excluding hydrogens is 304 g/mol. The van der Waals surface area contributed by atoms with E-state index in [2.05, 4.69) is 9.93 Å². The van der Waals surface area contributed by atoms with Gasteiger partial charge in [-0.25, -0.2) is 9.04 Å². The van der Waals surface area contributed by atoms with Crippen molar-refractivity contribution in [3.63, 3.8) is 0 Å². The summed E-state index contributed by atoms with van der Waals surface area (Å²) in [7, 11) is -1.42. The van der Waals surface area contributed by atoms with Crippen LogP contribution in [0.3, 0.4) is 0 Å². The number of nitrogens with zero attached hydrogens (tertiary/aromatic N) is 1. The first-order valence-electron chi connectivity index (χ1n) is 6.53. The molecule has 0 aliphatic rings. The normalized spacial score (nSPS) is 13.0. The highest BCUT2D eigenvalue weighted by Gasteiger charge is 2.08. The van der Waals surface area contributed by atoms with Crippen molar-refractivity contribution in [2.75, 3.05) is 0 Å². The number of nitrogens with one attached hydrogen (secondary N) is 1. The maximum Gasteiger partial charge on any atom is 0.166 e. The van der Waals surface area contributed by atoms with Gasteiger partial charge in [-0.3, -0.25) is 0 Å². The maximum atomic E-state index is 12.1. The monoisotopic (exact) mass is 320 g/mol. The second-order valence-corrected chi connectivity index (χ2v) is 6.39. The molecule has 2 aromatic rings. The minimum Gasteiger partial charge on any atom is -0.230 e. The van der Waals surface area contributed by atoms with Crippen molar-refractivity contribution in [3.05, 3.63) is 64.7 Å². The largest absolute Gasteiger partial charge is 0.230 e. The van der Waals surface area contributed by atoms with Crippen molar-refractivity contribution < 1.29 is 4.21 Å². The predicted molar refractivity (Wildman–Crippen MR) is 89.0 cm³/mol. The minimum absolute atomic E-state index is 0.311. The zero-order valence-corrected chi connectivity index (χ0v) is 13.8. The van der Waals surface area contributed by atoms with Crippen LogP contribution in [0.2, 0.25) is 0 Å². The van der Waals surface area contributed by atoms with Crippen molar-refractivity contribution in [2.24, 2.45) is 5.10 Å². The highest BCUT2D eigenvalue weighted by molar-refractivity contribution is 7.83. The Balaban J connectivity index is 2.17. The summed E-state index contributed by atoms with van der Waals surface area (Å²) in [5.74, 6) is 0. The third-order valence-corrected chi connectivity index (χ3v) is 4.38. The van der Waals surface area contributed by atoms with Crippen LogP contribution >= 0.6 is 11.6 Å². The average molecular weight is 321 g/mol. The number of rotatable bonds is 4. The van der Waals surface area contributed by atoms with Crippen LogP contribution < -0.4 is 4.83 Å². The molecule has 2 aromatic carbocycles. The summed E-state index contributed by atoms with van der Waals surface area (Å²) in [6, 6.07) is 13.3. The fourth-order valence-electron chi connectivity index (χ4n) is 1.99. The van der Waals surface area contributed by atoms with Gasteiger partial charge in [0.15, 0.2) is 16.2 Å². The third kappa shape index (κ3) is 3.93. The lowest BCUT2D eigenvalue weighted by atomic mass is 10.0. The molecule has 0 saturated heterocycles. The zero-order valence-electron chi connectivity index (χ0n) is 12.2. The Kier molecular flexibility index (Phi) is 5.15. The molecule has 2 rings (SSSR count). The van der Waals surface area contributed by atoms with E-state index in [9.17, 15) is 4.21 Å². The van der Waals surface area contributed by atoms with E-state index in [0.717, 1.165) is 22.3 Å². The Morgan fingerprint density at radius 2 is 1.62 bits per heavy atom. The molecule has 1 unspecified atom stereocenters. The molecule has 0 saturated carbocycles. The highest BCUT2D eigenvalue weighted by Crippen LogP contribution is 2.16. The summed E-state index contributed by atoms with van der Waals surface area (Å²) in [6.07, 6.45) is 0. The fraction of sp³-hybridized carbons (Fsp3) is 0.188. The van der Waals surface area contributed by atoms with Crippen LogP contribution in [0.4, 0.5) is 0 Å². The van der Waals surface area contributed by atoms with Crippen LogP contribution in [0.25, 0.3) is 0 Å². The Hall–Kier alpha value is -1.65. The van der Waals surface area contributed by atoms with Gasteiger partial charge in [0.05, 0.1) is 4.90 Å². The van der Waals surface area contributed by atoms with Crippen LogP contribution in [-0.2, 0) is 11.0 Å². The van der Waals surface area contributed by atoms with Gasteiger partial charge in [-0.2, -0.15) is 5.10 Å². The van der Waals surface area contributed by atoms with Crippen molar-refractivity contribution in [1.29, 1.82) is 0 Å². The smallest absolute Gasteiger partial charge is 0.166 e. The van der Waals surface area contributed by atoms with E-state index in [-0.39, 0.29) is 0 Å². The van der Waals surface area contributed by atoms with E-state index in [1.165, 1.54) is 0 Å². The summed E-state index contributed by atoms with van der Waals surface area (Å²) >= 11 is 6.23. The molecule has 0 bridgehead atoms. The lowest BCUT2D eigenvalue weighted by Gasteiger charge is -2.08. The van der Waals surface area contributed by atoms with Gasteiger partial charge in [-0.1, -0.05) is 47.5 Å². The molecular formula is C16H17ClN2OS. The first-order chi connectivity index (χ1) is 9.99. The zero-order chi connectivity index (χ0) is 15.4. The number of benzene rings is 2. The molecule has 3 nitrogen and oxygen atoms in total. The van der Waals surface area contributed by atoms with Crippen LogP contribution in [0, 0.1) is 20.8 Å². The third-order valence-electron chi connectivity index (χ3n) is 3.15. The van der Waals surface area contributed by atoms with Crippen molar-refractivity contribution >= 4 is 27.8 Å². The van der Waals surface area contributed by atoms with Crippen molar-refractivity contribution in [2.45, 2.75) is 25.7 Å². The van der Waals surface area contributed by atoms with E-state index in [1.54, 1.807) is 12.1 Å². The topological polar surface area (TPSA) is 41.5 Å². The summed E-state index contributed by atoms with van der Waals surface area (Å²) < 4.78 is 12.1. The maximum absolute atomic E-state index is 12.1. The molecule has 0 aliphatic carbocycles. The van der Waals surface area contributed by atoms with Gasteiger partial charge >= 0.3 is 0 Å². The van der Waals surface area contributed by atoms with Crippen molar-refractivity contribution in [1.82, 2.24) is 4.83 Å². The van der Waals surface area contributed by atoms with E-state index in [4.69, 9.17) is 11.6 Å². The second kappa shape index (κ2) is 6.87. The summed E-state index contributed by atoms with van der Waals surface area (Å²) in [5.41, 5.74) is 4.05. The van der Waals surface area contributed by atoms with E-state index in [0.29, 0.717) is 10.1 Å². The number of hydrogen-bond donors (Lipinski definition) is 1. The van der Waals surface area contributed by atoms with Gasteiger partial charge in [0.25, 0.3) is 0 Å². The molecule has 0 spiro atoms. The molecule has 0 aromatic heterocycles. The Morgan fingerprint density at radius 1 is 1.05 bits per heavy atom. The first kappa shape index (κ1) is 15.7. The van der Waals surface area contributed by atoms with Crippen LogP contribution in [0.1, 0.15) is 22.3 Å². The molecule has 110 valence electrons. The summed E-state index contributed by atoms with van der Waals surface area (Å²) in [6.45, 7) is 5.92. The number of aryl methyl sites for hydroxylation is 3. The number of hydrazone groups is 1. The van der Waals surface area contributed by atoms with E-state index < -0.39 is 11.0 Å². The van der Waals surface area contributed by atoms with Gasteiger partial charge in [0.1, 0.15) is 0 Å². The molecule has 0 heterocycles. The number of hydrogen-bond acceptors (Lipinski definition) is 2. The fourth-order valence-corrected chi connectivity index (χ4v) is 3.05. The Morgan fingerprint density at radius 3 is 2.19 bits per heavy atom. The molecule has 1 atom stereocenters. The molecule has 0 fully saturated rings. The summed E-state index contributed by atoms with van der Waals surface area (Å²) in [5, 5.41) is 4.36. The molecule has 0 radical (unpaired) electrons. The SMILES string of the molecule is Cc1ccc(S(=O)N/N=C(/Cl)c2c(C)cccc2C)cc1. The lowest BCUT2D eigenvalue weighted by Crippen LogP contribution is -2.13. The molecule has 0 aliphatic heterocycles. The second-order valence-electron chi connectivity index (χ2n) is 4.84. The van der Waals surface area contributed by atoms with Crippen LogP contribution in [0.5, 0.6) is 0 Å². The van der Waals surface area contributed by atoms with Gasteiger partial charge < -0.3 is 0 Å². The minimum atomic E-state index is -1.42. The average Bonchev–Trinajstić information content (AvgIpc) is 2.45. The van der Waals surface area contributed by atoms with Gasteiger partial charge in [0, 0.05) is 5.56 Å². The van der Waals surface area contributed by atoms with Gasteiger partial charge in [-0.05, 0) is 44.0 Å². The Bertz CT molecular complexity index is 676. The molecule has 21 heavy (non-hydrogen) atoms. The molecule has 0 amide bonds. The van der Waals surface area contributed by atoms with Crippen LogP contribution in [-0.4, -0.2) is 9.38 Å². The Labute approximate surface area is 132 Å². The highest BCUT2D eigenvalue weighted by atomic mass is 35.5.